The Labute approximate surface area is 265 Å². The van der Waals surface area contributed by atoms with Crippen LogP contribution < -0.4 is 10.8 Å². The van der Waals surface area contributed by atoms with Crippen LogP contribution in [-0.4, -0.2) is 54.2 Å². The summed E-state index contributed by atoms with van der Waals surface area (Å²) in [5, 5.41) is 33.3. The molecule has 4 N–H and O–H groups in total. The van der Waals surface area contributed by atoms with Crippen molar-refractivity contribution in [2.45, 2.75) is 62.5 Å². The predicted molar refractivity (Wildman–Crippen MR) is 165 cm³/mol. The Morgan fingerprint density at radius 2 is 1.71 bits per heavy atom. The standard InChI is InChI=1S/C32H36N6O6S/c1-38-32(34-36-37-38)45-20-27-17-28(24-10-8-21(19-39)9-11-24)44-31(43-27)25-14-12-23(13-15-25)26-5-2-4-22(16-26)18-33-29(40)6-3-7-30(41)35-42/h2,4-5,8-16,27-28,31,39,42H,3,6-7,17-20H2,1H3,(H,33,40)(H,35,41). The molecule has 1 aromatic heterocycles. The van der Waals surface area contributed by atoms with Gasteiger partial charge in [0.25, 0.3) is 0 Å². The fourth-order valence-electron chi connectivity index (χ4n) is 4.98. The van der Waals surface area contributed by atoms with E-state index in [9.17, 15) is 14.7 Å². The normalized spacial score (nSPS) is 18.0. The fraction of sp³-hybridized carbons (Fsp3) is 0.344. The summed E-state index contributed by atoms with van der Waals surface area (Å²) in [4.78, 5) is 23.3. The number of carbonyl (C=O) groups excluding carboxylic acids is 2. The highest BCUT2D eigenvalue weighted by molar-refractivity contribution is 7.99. The number of benzene rings is 3. The molecule has 1 fully saturated rings. The van der Waals surface area contributed by atoms with Crippen LogP contribution in [0.25, 0.3) is 11.1 Å². The highest BCUT2D eigenvalue weighted by Crippen LogP contribution is 2.39. The summed E-state index contributed by atoms with van der Waals surface area (Å²) in [6.45, 7) is 0.352. The smallest absolute Gasteiger partial charge is 0.243 e. The van der Waals surface area contributed by atoms with Crippen LogP contribution >= 0.6 is 11.8 Å². The molecule has 2 amide bonds. The Balaban J connectivity index is 1.24. The molecule has 3 aromatic carbocycles. The first-order valence-electron chi connectivity index (χ1n) is 14.7. The van der Waals surface area contributed by atoms with E-state index < -0.39 is 12.2 Å². The van der Waals surface area contributed by atoms with E-state index in [-0.39, 0.29) is 37.6 Å². The summed E-state index contributed by atoms with van der Waals surface area (Å²) >= 11 is 1.54. The van der Waals surface area contributed by atoms with Gasteiger partial charge in [-0.3, -0.25) is 14.8 Å². The van der Waals surface area contributed by atoms with Gasteiger partial charge in [-0.15, -0.1) is 5.10 Å². The van der Waals surface area contributed by atoms with Crippen molar-refractivity contribution in [2.75, 3.05) is 5.75 Å². The van der Waals surface area contributed by atoms with Crippen LogP contribution in [0.4, 0.5) is 0 Å². The average molecular weight is 633 g/mol. The molecular formula is C32H36N6O6S. The van der Waals surface area contributed by atoms with Crippen LogP contribution in [0.1, 0.15) is 60.3 Å². The lowest BCUT2D eigenvalue weighted by Gasteiger charge is -2.36. The Hall–Kier alpha value is -4.14. The Morgan fingerprint density at radius 3 is 2.42 bits per heavy atom. The van der Waals surface area contributed by atoms with Crippen molar-refractivity contribution < 1.29 is 29.4 Å². The molecule has 236 valence electrons. The fourth-order valence-corrected chi connectivity index (χ4v) is 5.85. The van der Waals surface area contributed by atoms with Crippen LogP contribution in [0.2, 0.25) is 0 Å². The number of hydrogen-bond acceptors (Lipinski definition) is 10. The lowest BCUT2D eigenvalue weighted by molar-refractivity contribution is -0.245. The van der Waals surface area contributed by atoms with E-state index in [1.165, 1.54) is 11.8 Å². The third kappa shape index (κ3) is 8.96. The maximum Gasteiger partial charge on any atom is 0.243 e. The van der Waals surface area contributed by atoms with Gasteiger partial charge in [0.15, 0.2) is 6.29 Å². The van der Waals surface area contributed by atoms with Gasteiger partial charge in [-0.25, -0.2) is 10.2 Å². The number of hydroxylamine groups is 1. The topological polar surface area (TPSA) is 161 Å². The summed E-state index contributed by atoms with van der Waals surface area (Å²) in [7, 11) is 1.81. The molecule has 0 saturated carbocycles. The van der Waals surface area contributed by atoms with Gasteiger partial charge >= 0.3 is 0 Å². The van der Waals surface area contributed by atoms with Crippen LogP contribution in [-0.2, 0) is 39.3 Å². The predicted octanol–water partition coefficient (Wildman–Crippen LogP) is 4.00. The number of thioether (sulfide) groups is 1. The number of aliphatic hydroxyl groups is 1. The van der Waals surface area contributed by atoms with Gasteiger partial charge in [-0.05, 0) is 50.7 Å². The highest BCUT2D eigenvalue weighted by Gasteiger charge is 2.32. The molecule has 13 heteroatoms. The first kappa shape index (κ1) is 32.3. The second-order valence-corrected chi connectivity index (χ2v) is 11.7. The van der Waals surface area contributed by atoms with Gasteiger partial charge in [0.05, 0.1) is 18.8 Å². The Morgan fingerprint density at radius 1 is 0.956 bits per heavy atom. The largest absolute Gasteiger partial charge is 0.392 e. The second kappa shape index (κ2) is 15.7. The van der Waals surface area contributed by atoms with Gasteiger partial charge in [-0.1, -0.05) is 78.5 Å². The van der Waals surface area contributed by atoms with Crippen molar-refractivity contribution in [3.8, 4) is 11.1 Å². The van der Waals surface area contributed by atoms with Crippen LogP contribution in [0.3, 0.4) is 0 Å². The minimum absolute atomic E-state index is 0.0141. The summed E-state index contributed by atoms with van der Waals surface area (Å²) in [5.74, 6) is -0.0134. The third-order valence-corrected chi connectivity index (χ3v) is 8.60. The number of aromatic nitrogens is 4. The molecule has 1 aliphatic rings. The summed E-state index contributed by atoms with van der Waals surface area (Å²) < 4.78 is 14.5. The molecule has 1 saturated heterocycles. The number of ether oxygens (including phenoxy) is 2. The molecule has 3 unspecified atom stereocenters. The number of hydrogen-bond donors (Lipinski definition) is 4. The van der Waals surface area contributed by atoms with Gasteiger partial charge in [0, 0.05) is 44.2 Å². The van der Waals surface area contributed by atoms with E-state index in [2.05, 4.69) is 20.8 Å². The van der Waals surface area contributed by atoms with Gasteiger partial charge in [0.1, 0.15) is 0 Å². The monoisotopic (exact) mass is 632 g/mol. The van der Waals surface area contributed by atoms with E-state index in [0.29, 0.717) is 30.3 Å². The SMILES string of the molecule is Cn1nnnc1SCC1CC(c2ccc(CO)cc2)OC(c2ccc(-c3cccc(CNC(=O)CCCC(=O)NO)c3)cc2)O1. The molecular weight excluding hydrogens is 596 g/mol. The van der Waals surface area contributed by atoms with Gasteiger partial charge in [-0.2, -0.15) is 0 Å². The van der Waals surface area contributed by atoms with Crippen molar-refractivity contribution in [3.05, 3.63) is 95.1 Å². The molecule has 45 heavy (non-hydrogen) atoms. The zero-order valence-corrected chi connectivity index (χ0v) is 25.7. The highest BCUT2D eigenvalue weighted by atomic mass is 32.2. The summed E-state index contributed by atoms with van der Waals surface area (Å²) in [6, 6.07) is 23.8. The number of amides is 2. The van der Waals surface area contributed by atoms with E-state index in [1.54, 1.807) is 17.2 Å². The van der Waals surface area contributed by atoms with Crippen molar-refractivity contribution in [1.82, 2.24) is 31.0 Å². The van der Waals surface area contributed by atoms with Gasteiger partial charge < -0.3 is 19.9 Å². The Bertz CT molecular complexity index is 1570. The number of tetrazole rings is 1. The maximum atomic E-state index is 12.2. The molecule has 4 aromatic rings. The maximum absolute atomic E-state index is 12.2. The first-order chi connectivity index (χ1) is 21.9. The molecule has 0 aliphatic carbocycles. The van der Waals surface area contributed by atoms with Crippen LogP contribution in [0.15, 0.2) is 78.0 Å². The molecule has 0 spiro atoms. The minimum Gasteiger partial charge on any atom is -0.392 e. The van der Waals surface area contributed by atoms with E-state index in [1.807, 2.05) is 72.8 Å². The number of nitrogens with zero attached hydrogens (tertiary/aromatic N) is 4. The van der Waals surface area contributed by atoms with Crippen molar-refractivity contribution >= 4 is 23.6 Å². The van der Waals surface area contributed by atoms with Crippen LogP contribution in [0, 0.1) is 0 Å². The van der Waals surface area contributed by atoms with Crippen molar-refractivity contribution in [1.29, 1.82) is 0 Å². The van der Waals surface area contributed by atoms with Crippen molar-refractivity contribution in [2.24, 2.45) is 7.05 Å². The number of aliphatic hydroxyl groups excluding tert-OH is 1. The molecule has 0 radical (unpaired) electrons. The molecule has 1 aliphatic heterocycles. The lowest BCUT2D eigenvalue weighted by Crippen LogP contribution is -2.31. The zero-order chi connectivity index (χ0) is 31.6. The second-order valence-electron chi connectivity index (χ2n) is 10.7. The van der Waals surface area contributed by atoms with E-state index >= 15 is 0 Å². The Kier molecular flexibility index (Phi) is 11.3. The molecule has 0 bridgehead atoms. The summed E-state index contributed by atoms with van der Waals surface area (Å²) in [5.41, 5.74) is 7.29. The molecule has 12 nitrogen and oxygen atoms in total. The first-order valence-corrected chi connectivity index (χ1v) is 15.6. The number of aryl methyl sites for hydroxylation is 1. The minimum atomic E-state index is -0.580. The number of carbonyl (C=O) groups is 2. The van der Waals surface area contributed by atoms with Gasteiger partial charge in [0.2, 0.25) is 17.0 Å². The number of nitrogens with one attached hydrogen (secondary N) is 2. The van der Waals surface area contributed by atoms with Crippen LogP contribution in [0.5, 0.6) is 0 Å². The zero-order valence-electron chi connectivity index (χ0n) is 24.8. The van der Waals surface area contributed by atoms with E-state index in [4.69, 9.17) is 14.7 Å². The lowest BCUT2D eigenvalue weighted by atomic mass is 9.99. The summed E-state index contributed by atoms with van der Waals surface area (Å²) in [6.07, 6.45) is 0.408. The van der Waals surface area contributed by atoms with Crippen molar-refractivity contribution in [3.63, 3.8) is 0 Å². The number of rotatable bonds is 13. The van der Waals surface area contributed by atoms with E-state index in [0.717, 1.165) is 33.4 Å². The quantitative estimate of drug-likeness (QED) is 0.0964. The molecule has 3 atom stereocenters. The third-order valence-electron chi connectivity index (χ3n) is 7.46. The molecule has 2 heterocycles. The average Bonchev–Trinajstić information content (AvgIpc) is 3.50. The molecule has 5 rings (SSSR count).